The smallest absolute Gasteiger partial charge is 0.227 e. The average Bonchev–Trinajstić information content (AvgIpc) is 2.96. The maximum absolute atomic E-state index is 12.3. The van der Waals surface area contributed by atoms with Gasteiger partial charge in [-0.25, -0.2) is 0 Å². The Labute approximate surface area is 120 Å². The van der Waals surface area contributed by atoms with Crippen molar-refractivity contribution >= 4 is 18.3 Å². The zero-order valence-electron chi connectivity index (χ0n) is 11.7. The molecule has 1 fully saturated rings. The summed E-state index contributed by atoms with van der Waals surface area (Å²) in [5, 5.41) is 6.96. The number of halogens is 1. The van der Waals surface area contributed by atoms with Gasteiger partial charge < -0.3 is 14.7 Å². The fraction of sp³-hybridized carbons (Fsp3) is 0.692. The van der Waals surface area contributed by atoms with E-state index in [2.05, 4.69) is 10.5 Å². The van der Waals surface area contributed by atoms with Crippen LogP contribution in [0.3, 0.4) is 0 Å². The molecule has 1 aliphatic heterocycles. The maximum atomic E-state index is 12.3. The van der Waals surface area contributed by atoms with Gasteiger partial charge in [-0.1, -0.05) is 12.1 Å². The number of amides is 1. The van der Waals surface area contributed by atoms with E-state index in [1.165, 1.54) is 0 Å². The fourth-order valence-electron chi connectivity index (χ4n) is 2.54. The van der Waals surface area contributed by atoms with Gasteiger partial charge in [-0.3, -0.25) is 4.79 Å². The molecule has 1 aromatic rings. The van der Waals surface area contributed by atoms with E-state index in [4.69, 9.17) is 4.52 Å². The molecule has 0 spiro atoms. The van der Waals surface area contributed by atoms with Crippen molar-refractivity contribution in [2.24, 2.45) is 5.92 Å². The molecule has 1 N–H and O–H groups in total. The summed E-state index contributed by atoms with van der Waals surface area (Å²) in [6, 6.07) is 2.00. The third kappa shape index (κ3) is 3.48. The lowest BCUT2D eigenvalue weighted by Gasteiger charge is -2.25. The van der Waals surface area contributed by atoms with Crippen LogP contribution in [-0.4, -0.2) is 36.1 Å². The molecule has 2 rings (SSSR count). The predicted molar refractivity (Wildman–Crippen MR) is 75.3 cm³/mol. The Morgan fingerprint density at radius 3 is 3.00 bits per heavy atom. The van der Waals surface area contributed by atoms with E-state index in [-0.39, 0.29) is 30.3 Å². The van der Waals surface area contributed by atoms with Crippen LogP contribution in [0.4, 0.5) is 0 Å². The third-order valence-electron chi connectivity index (χ3n) is 3.44. The van der Waals surface area contributed by atoms with Gasteiger partial charge in [0, 0.05) is 25.1 Å². The second-order valence-corrected chi connectivity index (χ2v) is 5.02. The molecule has 108 valence electrons. The summed E-state index contributed by atoms with van der Waals surface area (Å²) in [6.45, 7) is 5.38. The van der Waals surface area contributed by atoms with Gasteiger partial charge in [-0.2, -0.15) is 0 Å². The molecule has 0 aromatic carbocycles. The van der Waals surface area contributed by atoms with Crippen molar-refractivity contribution in [3.63, 3.8) is 0 Å². The van der Waals surface area contributed by atoms with Crippen molar-refractivity contribution in [1.29, 1.82) is 0 Å². The quantitative estimate of drug-likeness (QED) is 0.919. The first-order valence-corrected chi connectivity index (χ1v) is 6.51. The van der Waals surface area contributed by atoms with Crippen LogP contribution in [0.15, 0.2) is 10.6 Å². The summed E-state index contributed by atoms with van der Waals surface area (Å²) in [4.78, 5) is 14.3. The van der Waals surface area contributed by atoms with E-state index in [1.54, 1.807) is 0 Å². The lowest BCUT2D eigenvalue weighted by Crippen LogP contribution is -2.38. The minimum Gasteiger partial charge on any atom is -0.359 e. The van der Waals surface area contributed by atoms with E-state index in [0.717, 1.165) is 30.8 Å². The number of nitrogens with one attached hydrogen (secondary N) is 1. The van der Waals surface area contributed by atoms with Crippen molar-refractivity contribution < 1.29 is 9.32 Å². The molecule has 1 amide bonds. The summed E-state index contributed by atoms with van der Waals surface area (Å²) in [5.74, 6) is 1.01. The number of aryl methyl sites for hydroxylation is 1. The lowest BCUT2D eigenvalue weighted by atomic mass is 10.1. The predicted octanol–water partition coefficient (Wildman–Crippen LogP) is 1.92. The second kappa shape index (κ2) is 6.91. The summed E-state index contributed by atoms with van der Waals surface area (Å²) >= 11 is 0. The van der Waals surface area contributed by atoms with Gasteiger partial charge in [0.2, 0.25) is 5.91 Å². The highest BCUT2D eigenvalue weighted by molar-refractivity contribution is 5.85. The molecule has 0 bridgehead atoms. The number of nitrogens with zero attached hydrogens (tertiary/aromatic N) is 2. The SMILES string of the molecule is CNCC(C)C(=O)N1CCCC1c1cc(C)no1.Cl. The van der Waals surface area contributed by atoms with E-state index in [0.29, 0.717) is 6.54 Å². The Morgan fingerprint density at radius 2 is 2.42 bits per heavy atom. The lowest BCUT2D eigenvalue weighted by molar-refractivity contribution is -0.136. The molecule has 2 atom stereocenters. The highest BCUT2D eigenvalue weighted by atomic mass is 35.5. The molecule has 2 unspecified atom stereocenters. The maximum Gasteiger partial charge on any atom is 0.227 e. The molecule has 6 heteroatoms. The molecule has 2 heterocycles. The van der Waals surface area contributed by atoms with Crippen molar-refractivity contribution in [2.45, 2.75) is 32.7 Å². The van der Waals surface area contributed by atoms with E-state index in [9.17, 15) is 4.79 Å². The van der Waals surface area contributed by atoms with Crippen LogP contribution in [0.25, 0.3) is 0 Å². The van der Waals surface area contributed by atoms with Gasteiger partial charge >= 0.3 is 0 Å². The van der Waals surface area contributed by atoms with E-state index < -0.39 is 0 Å². The molecule has 5 nitrogen and oxygen atoms in total. The van der Waals surface area contributed by atoms with Gasteiger partial charge in [-0.05, 0) is 26.8 Å². The van der Waals surface area contributed by atoms with Crippen molar-refractivity contribution in [3.05, 3.63) is 17.5 Å². The highest BCUT2D eigenvalue weighted by Gasteiger charge is 2.34. The Hall–Kier alpha value is -1.07. The minimum absolute atomic E-state index is 0. The normalized spacial score (nSPS) is 20.2. The molecule has 1 aliphatic rings. The van der Waals surface area contributed by atoms with Crippen molar-refractivity contribution in [2.75, 3.05) is 20.1 Å². The Balaban J connectivity index is 0.00000180. The van der Waals surface area contributed by atoms with Gasteiger partial charge in [-0.15, -0.1) is 12.4 Å². The second-order valence-electron chi connectivity index (χ2n) is 5.02. The topological polar surface area (TPSA) is 58.4 Å². The van der Waals surface area contributed by atoms with Crippen molar-refractivity contribution in [1.82, 2.24) is 15.4 Å². The fourth-order valence-corrected chi connectivity index (χ4v) is 2.54. The van der Waals surface area contributed by atoms with Gasteiger partial charge in [0.05, 0.1) is 11.7 Å². The van der Waals surface area contributed by atoms with E-state index >= 15 is 0 Å². The standard InChI is InChI=1S/C13H21N3O2.ClH/c1-9(8-14-3)13(17)16-6-4-5-11(16)12-7-10(2)15-18-12;/h7,9,11,14H,4-6,8H2,1-3H3;1H. The van der Waals surface area contributed by atoms with Crippen LogP contribution in [0, 0.1) is 12.8 Å². The number of carbonyl (C=O) groups is 1. The van der Waals surface area contributed by atoms with Gasteiger partial charge in [0.1, 0.15) is 0 Å². The molecular formula is C13H22ClN3O2. The van der Waals surface area contributed by atoms with Crippen LogP contribution in [0.1, 0.15) is 37.3 Å². The largest absolute Gasteiger partial charge is 0.359 e. The summed E-state index contributed by atoms with van der Waals surface area (Å²) < 4.78 is 5.31. The first-order chi connectivity index (χ1) is 8.63. The highest BCUT2D eigenvalue weighted by Crippen LogP contribution is 2.33. The van der Waals surface area contributed by atoms with Crippen LogP contribution in [0.5, 0.6) is 0 Å². The zero-order valence-corrected chi connectivity index (χ0v) is 12.5. The number of hydrogen-bond acceptors (Lipinski definition) is 4. The Bertz CT molecular complexity index is 422. The Kier molecular flexibility index (Phi) is 5.82. The molecule has 1 saturated heterocycles. The zero-order chi connectivity index (χ0) is 13.1. The summed E-state index contributed by atoms with van der Waals surface area (Å²) in [5.41, 5.74) is 0.868. The number of likely N-dealkylation sites (tertiary alicyclic amines) is 1. The third-order valence-corrected chi connectivity index (χ3v) is 3.44. The van der Waals surface area contributed by atoms with Crippen molar-refractivity contribution in [3.8, 4) is 0 Å². The number of rotatable bonds is 4. The van der Waals surface area contributed by atoms with Crippen LogP contribution in [0.2, 0.25) is 0 Å². The summed E-state index contributed by atoms with van der Waals surface area (Å²) in [6.07, 6.45) is 2.00. The molecule has 0 aliphatic carbocycles. The number of aromatic nitrogens is 1. The summed E-state index contributed by atoms with van der Waals surface area (Å²) in [7, 11) is 1.87. The molecule has 0 saturated carbocycles. The molecule has 0 radical (unpaired) electrons. The molecular weight excluding hydrogens is 266 g/mol. The first kappa shape index (κ1) is 16.0. The van der Waals surface area contributed by atoms with Crippen LogP contribution < -0.4 is 5.32 Å². The van der Waals surface area contributed by atoms with Gasteiger partial charge in [0.15, 0.2) is 5.76 Å². The number of hydrogen-bond donors (Lipinski definition) is 1. The average molecular weight is 288 g/mol. The van der Waals surface area contributed by atoms with Crippen LogP contribution >= 0.6 is 12.4 Å². The molecule has 19 heavy (non-hydrogen) atoms. The first-order valence-electron chi connectivity index (χ1n) is 6.51. The van der Waals surface area contributed by atoms with Gasteiger partial charge in [0.25, 0.3) is 0 Å². The molecule has 1 aromatic heterocycles. The van der Waals surface area contributed by atoms with E-state index in [1.807, 2.05) is 31.9 Å². The van der Waals surface area contributed by atoms with Crippen LogP contribution in [-0.2, 0) is 4.79 Å². The minimum atomic E-state index is -0.000353. The number of carbonyl (C=O) groups excluding carboxylic acids is 1. The Morgan fingerprint density at radius 1 is 1.68 bits per heavy atom. The monoisotopic (exact) mass is 287 g/mol.